The Morgan fingerprint density at radius 1 is 1.09 bits per heavy atom. The molecule has 2 aromatic heterocycles. The third kappa shape index (κ3) is 8.01. The van der Waals surface area contributed by atoms with E-state index in [0.717, 1.165) is 28.7 Å². The van der Waals surface area contributed by atoms with Crippen LogP contribution in [0.15, 0.2) is 60.1 Å². The van der Waals surface area contributed by atoms with Crippen molar-refractivity contribution in [3.05, 3.63) is 77.5 Å². The minimum absolute atomic E-state index is 0.0475. The smallest absolute Gasteiger partial charge is 0.340 e. The average molecular weight is 617 g/mol. The fraction of sp³-hybridized carbons (Fsp3) is 0.364. The number of nitrogens with two attached hydrogens (primary N) is 1. The number of phenolic OH excluding ortho intramolecular Hbond substituents is 1. The van der Waals surface area contributed by atoms with Crippen LogP contribution in [0.5, 0.6) is 17.2 Å². The number of pyridine rings is 1. The normalized spacial score (nSPS) is 12.2. The number of likely N-dealkylation sites (N-methyl/N-ethyl adjacent to an activating group) is 1. The van der Waals surface area contributed by atoms with Crippen LogP contribution < -0.4 is 15.5 Å². The van der Waals surface area contributed by atoms with Crippen molar-refractivity contribution in [2.45, 2.75) is 58.9 Å². The number of anilines is 1. The Balaban J connectivity index is 1.60. The second-order valence-corrected chi connectivity index (χ2v) is 13.1. The van der Waals surface area contributed by atoms with Crippen molar-refractivity contribution in [1.29, 1.82) is 0 Å². The summed E-state index contributed by atoms with van der Waals surface area (Å²) in [7, 11) is 3.95. The Hall–Kier alpha value is -4.84. The Bertz CT molecular complexity index is 1700. The van der Waals surface area contributed by atoms with Gasteiger partial charge in [-0.05, 0) is 54.8 Å². The average Bonchev–Trinajstić information content (AvgIpc) is 3.42. The summed E-state index contributed by atoms with van der Waals surface area (Å²) in [6.45, 7) is 13.7. The molecule has 238 valence electrons. The van der Waals surface area contributed by atoms with Gasteiger partial charge in [0.05, 0.1) is 11.9 Å². The highest BCUT2D eigenvalue weighted by molar-refractivity contribution is 5.94. The van der Waals surface area contributed by atoms with E-state index in [9.17, 15) is 9.90 Å². The van der Waals surface area contributed by atoms with E-state index in [2.05, 4.69) is 41.1 Å². The number of hydrazone groups is 1. The zero-order valence-electron chi connectivity index (χ0n) is 27.0. The van der Waals surface area contributed by atoms with Gasteiger partial charge in [0, 0.05) is 42.5 Å². The van der Waals surface area contributed by atoms with Crippen LogP contribution in [0, 0.1) is 5.82 Å². The standard InChI is InChI=1S/C33H41FN8O3/c1-32(2,3)22-15-21(29(43)25(16-22)33(4,5)6)19-38-42(31(35)44)23-9-10-28(26(34)17-23)45-24-11-12-36-27(18-24)30-39-37-20-41(30)14-13-40(7)8/h9-12,15-20,43H,13-14H2,1-8H3,(H2,35,44)/b38-19+. The number of hydrogen-bond donors (Lipinski definition) is 2. The van der Waals surface area contributed by atoms with E-state index in [-0.39, 0.29) is 28.0 Å². The summed E-state index contributed by atoms with van der Waals surface area (Å²) >= 11 is 0. The molecule has 0 saturated carbocycles. The highest BCUT2D eigenvalue weighted by Crippen LogP contribution is 2.37. The van der Waals surface area contributed by atoms with Gasteiger partial charge in [-0.2, -0.15) is 10.1 Å². The molecule has 0 aliphatic rings. The predicted octanol–water partition coefficient (Wildman–Crippen LogP) is 6.05. The number of rotatable bonds is 9. The Morgan fingerprint density at radius 3 is 2.44 bits per heavy atom. The van der Waals surface area contributed by atoms with E-state index in [1.54, 1.807) is 24.7 Å². The molecule has 12 heteroatoms. The summed E-state index contributed by atoms with van der Waals surface area (Å²) in [5.74, 6) is 0.119. The van der Waals surface area contributed by atoms with Gasteiger partial charge in [0.25, 0.3) is 0 Å². The maximum atomic E-state index is 15.3. The van der Waals surface area contributed by atoms with Gasteiger partial charge in [0.15, 0.2) is 17.4 Å². The van der Waals surface area contributed by atoms with Crippen LogP contribution in [-0.4, -0.2) is 62.6 Å². The molecule has 0 aliphatic heterocycles. The maximum absolute atomic E-state index is 15.3. The summed E-state index contributed by atoms with van der Waals surface area (Å²) in [5.41, 5.74) is 7.79. The van der Waals surface area contributed by atoms with E-state index in [0.29, 0.717) is 29.4 Å². The molecule has 0 saturated heterocycles. The quantitative estimate of drug-likeness (QED) is 0.173. The predicted molar refractivity (Wildman–Crippen MR) is 173 cm³/mol. The number of phenols is 1. The molecule has 0 fully saturated rings. The number of nitrogens with zero attached hydrogens (tertiary/aromatic N) is 7. The van der Waals surface area contributed by atoms with Gasteiger partial charge in [0.1, 0.15) is 23.5 Å². The lowest BCUT2D eigenvalue weighted by atomic mass is 9.79. The molecule has 0 bridgehead atoms. The first-order valence-corrected chi connectivity index (χ1v) is 14.5. The van der Waals surface area contributed by atoms with E-state index in [1.807, 2.05) is 56.5 Å². The number of carbonyl (C=O) groups is 1. The number of urea groups is 1. The lowest BCUT2D eigenvalue weighted by molar-refractivity contribution is 0.254. The molecule has 3 N–H and O–H groups in total. The molecule has 11 nitrogen and oxygen atoms in total. The van der Waals surface area contributed by atoms with Gasteiger partial charge in [-0.3, -0.25) is 4.98 Å². The lowest BCUT2D eigenvalue weighted by Crippen LogP contribution is -2.31. The van der Waals surface area contributed by atoms with Crippen molar-refractivity contribution < 1.29 is 19.0 Å². The first kappa shape index (κ1) is 33.1. The molecule has 0 radical (unpaired) electrons. The number of primary amides is 1. The molecule has 0 atom stereocenters. The molecule has 2 aromatic carbocycles. The van der Waals surface area contributed by atoms with Crippen molar-refractivity contribution in [2.24, 2.45) is 10.8 Å². The molecule has 0 spiro atoms. The van der Waals surface area contributed by atoms with Crippen LogP contribution in [0.1, 0.15) is 58.2 Å². The van der Waals surface area contributed by atoms with Gasteiger partial charge in [-0.25, -0.2) is 9.18 Å². The number of ether oxygens (including phenoxy) is 1. The first-order chi connectivity index (χ1) is 21.0. The van der Waals surface area contributed by atoms with Crippen molar-refractivity contribution >= 4 is 17.9 Å². The molecule has 2 amide bonds. The van der Waals surface area contributed by atoms with Gasteiger partial charge in [-0.15, -0.1) is 10.2 Å². The largest absolute Gasteiger partial charge is 0.507 e. The van der Waals surface area contributed by atoms with Crippen LogP contribution in [0.4, 0.5) is 14.9 Å². The van der Waals surface area contributed by atoms with Crippen molar-refractivity contribution in [3.63, 3.8) is 0 Å². The number of carbonyl (C=O) groups excluding carboxylic acids is 1. The van der Waals surface area contributed by atoms with Crippen LogP contribution in [0.2, 0.25) is 0 Å². The number of aromatic hydroxyl groups is 1. The summed E-state index contributed by atoms with van der Waals surface area (Å²) in [6, 6.07) is 10.1. The Kier molecular flexibility index (Phi) is 9.57. The van der Waals surface area contributed by atoms with E-state index in [1.165, 1.54) is 18.3 Å². The number of benzene rings is 2. The molecule has 2 heterocycles. The van der Waals surface area contributed by atoms with Crippen LogP contribution in [0.25, 0.3) is 11.5 Å². The third-order valence-corrected chi connectivity index (χ3v) is 7.09. The summed E-state index contributed by atoms with van der Waals surface area (Å²) < 4.78 is 23.0. The van der Waals surface area contributed by atoms with E-state index < -0.39 is 11.8 Å². The molecular weight excluding hydrogens is 575 g/mol. The summed E-state index contributed by atoms with van der Waals surface area (Å²) in [6.07, 6.45) is 4.52. The minimum atomic E-state index is -0.931. The minimum Gasteiger partial charge on any atom is -0.507 e. The third-order valence-electron chi connectivity index (χ3n) is 7.09. The molecule has 4 aromatic rings. The highest BCUT2D eigenvalue weighted by Gasteiger charge is 2.25. The molecule has 45 heavy (non-hydrogen) atoms. The van der Waals surface area contributed by atoms with E-state index >= 15 is 4.39 Å². The molecule has 0 unspecified atom stereocenters. The second kappa shape index (κ2) is 13.0. The number of aromatic nitrogens is 4. The van der Waals surface area contributed by atoms with Crippen molar-refractivity contribution in [2.75, 3.05) is 25.6 Å². The number of halogens is 1. The fourth-order valence-corrected chi connectivity index (χ4v) is 4.48. The van der Waals surface area contributed by atoms with Crippen LogP contribution in [-0.2, 0) is 17.4 Å². The number of amides is 2. The molecular formula is C33H41FN8O3. The van der Waals surface area contributed by atoms with Crippen LogP contribution >= 0.6 is 0 Å². The molecule has 4 rings (SSSR count). The SMILES string of the molecule is CN(C)CCn1cnnc1-c1cc(Oc2ccc(N(/N=C/c3cc(C(C)(C)C)cc(C(C)(C)C)c3O)C(N)=O)cc2F)ccn1. The molecule has 0 aliphatic carbocycles. The van der Waals surface area contributed by atoms with Crippen LogP contribution in [0.3, 0.4) is 0 Å². The van der Waals surface area contributed by atoms with Gasteiger partial charge in [-0.1, -0.05) is 47.6 Å². The fourth-order valence-electron chi connectivity index (χ4n) is 4.48. The number of hydrogen-bond acceptors (Lipinski definition) is 8. The zero-order chi connectivity index (χ0) is 33.1. The Labute approximate surface area is 263 Å². The van der Waals surface area contributed by atoms with Gasteiger partial charge < -0.3 is 25.0 Å². The topological polar surface area (TPSA) is 135 Å². The van der Waals surface area contributed by atoms with Crippen molar-refractivity contribution in [3.8, 4) is 28.8 Å². The highest BCUT2D eigenvalue weighted by atomic mass is 19.1. The lowest BCUT2D eigenvalue weighted by Gasteiger charge is -2.27. The van der Waals surface area contributed by atoms with Gasteiger partial charge in [0.2, 0.25) is 0 Å². The summed E-state index contributed by atoms with van der Waals surface area (Å²) in [5, 5.41) is 24.4. The van der Waals surface area contributed by atoms with Crippen molar-refractivity contribution in [1.82, 2.24) is 24.6 Å². The monoisotopic (exact) mass is 616 g/mol. The van der Waals surface area contributed by atoms with Gasteiger partial charge >= 0.3 is 6.03 Å². The zero-order valence-corrected chi connectivity index (χ0v) is 27.0. The Morgan fingerprint density at radius 2 is 1.82 bits per heavy atom. The first-order valence-electron chi connectivity index (χ1n) is 14.5. The second-order valence-electron chi connectivity index (χ2n) is 13.1. The summed E-state index contributed by atoms with van der Waals surface area (Å²) in [4.78, 5) is 18.8. The van der Waals surface area contributed by atoms with E-state index in [4.69, 9.17) is 10.5 Å². The maximum Gasteiger partial charge on any atom is 0.340 e.